The molecular weight excluding hydrogens is 340 g/mol. The van der Waals surface area contributed by atoms with E-state index < -0.39 is 5.91 Å². The first kappa shape index (κ1) is 20.1. The highest BCUT2D eigenvalue weighted by molar-refractivity contribution is 6.09. The lowest BCUT2D eigenvalue weighted by molar-refractivity contribution is -0.112. The van der Waals surface area contributed by atoms with E-state index in [4.69, 9.17) is 9.47 Å². The zero-order chi connectivity index (χ0) is 19.6. The predicted molar refractivity (Wildman–Crippen MR) is 107 cm³/mol. The summed E-state index contributed by atoms with van der Waals surface area (Å²) in [5.74, 6) is 0.759. The molecule has 0 radical (unpaired) electrons. The number of unbranched alkanes of at least 4 members (excludes halogenated alkanes) is 1. The molecule has 140 valence electrons. The van der Waals surface area contributed by atoms with Gasteiger partial charge in [-0.1, -0.05) is 31.5 Å². The van der Waals surface area contributed by atoms with Gasteiger partial charge < -0.3 is 14.8 Å². The molecule has 0 saturated heterocycles. The summed E-state index contributed by atoms with van der Waals surface area (Å²) in [5, 5.41) is 12.1. The molecule has 0 aromatic heterocycles. The van der Waals surface area contributed by atoms with Crippen LogP contribution in [0.4, 0.5) is 5.69 Å². The van der Waals surface area contributed by atoms with Gasteiger partial charge in [0.15, 0.2) is 11.5 Å². The van der Waals surface area contributed by atoms with E-state index >= 15 is 0 Å². The maximum Gasteiger partial charge on any atom is 0.266 e. The minimum absolute atomic E-state index is 0.0150. The van der Waals surface area contributed by atoms with Gasteiger partial charge in [0.05, 0.1) is 13.7 Å². The molecule has 0 aliphatic carbocycles. The highest BCUT2D eigenvalue weighted by Gasteiger charge is 2.11. The molecule has 0 saturated carbocycles. The van der Waals surface area contributed by atoms with Crippen LogP contribution in [0.25, 0.3) is 6.08 Å². The Morgan fingerprint density at radius 3 is 2.70 bits per heavy atom. The summed E-state index contributed by atoms with van der Waals surface area (Å²) >= 11 is 0. The van der Waals surface area contributed by atoms with Crippen molar-refractivity contribution in [2.45, 2.75) is 26.7 Å². The van der Waals surface area contributed by atoms with Crippen LogP contribution in [0.5, 0.6) is 11.5 Å². The largest absolute Gasteiger partial charge is 0.493 e. The number of carbonyl (C=O) groups is 1. The van der Waals surface area contributed by atoms with Gasteiger partial charge in [-0.2, -0.15) is 5.26 Å². The van der Waals surface area contributed by atoms with Crippen LogP contribution < -0.4 is 14.8 Å². The third-order valence-corrected chi connectivity index (χ3v) is 3.90. The van der Waals surface area contributed by atoms with E-state index in [9.17, 15) is 10.1 Å². The number of benzene rings is 2. The number of nitrogens with one attached hydrogen (secondary N) is 1. The van der Waals surface area contributed by atoms with Gasteiger partial charge in [-0.15, -0.1) is 0 Å². The van der Waals surface area contributed by atoms with Gasteiger partial charge in [-0.05, 0) is 54.8 Å². The quantitative estimate of drug-likeness (QED) is 0.418. The van der Waals surface area contributed by atoms with E-state index in [1.165, 1.54) is 6.08 Å². The Kier molecular flexibility index (Phi) is 7.45. The lowest BCUT2D eigenvalue weighted by Gasteiger charge is -2.11. The number of hydrogen-bond donors (Lipinski definition) is 1. The molecule has 5 nitrogen and oxygen atoms in total. The molecular formula is C22H24N2O3. The van der Waals surface area contributed by atoms with Crippen molar-refractivity contribution in [3.8, 4) is 17.6 Å². The van der Waals surface area contributed by atoms with Crippen LogP contribution in [0.2, 0.25) is 0 Å². The minimum atomic E-state index is -0.452. The number of rotatable bonds is 8. The normalized spacial score (nSPS) is 10.8. The summed E-state index contributed by atoms with van der Waals surface area (Å²) in [6.45, 7) is 4.61. The lowest BCUT2D eigenvalue weighted by atomic mass is 10.1. The summed E-state index contributed by atoms with van der Waals surface area (Å²) in [4.78, 5) is 12.4. The van der Waals surface area contributed by atoms with Crippen LogP contribution in [0, 0.1) is 18.3 Å². The Bertz CT molecular complexity index is 866. The molecule has 0 bridgehead atoms. The van der Waals surface area contributed by atoms with Crippen LogP contribution in [0.3, 0.4) is 0 Å². The van der Waals surface area contributed by atoms with E-state index in [1.54, 1.807) is 31.4 Å². The van der Waals surface area contributed by atoms with Crippen molar-refractivity contribution in [2.24, 2.45) is 0 Å². The van der Waals surface area contributed by atoms with Crippen molar-refractivity contribution < 1.29 is 14.3 Å². The topological polar surface area (TPSA) is 71.3 Å². The number of anilines is 1. The fourth-order valence-corrected chi connectivity index (χ4v) is 2.46. The zero-order valence-corrected chi connectivity index (χ0v) is 15.9. The van der Waals surface area contributed by atoms with E-state index in [0.717, 1.165) is 18.4 Å². The van der Waals surface area contributed by atoms with Gasteiger partial charge in [0.2, 0.25) is 0 Å². The van der Waals surface area contributed by atoms with Gasteiger partial charge >= 0.3 is 0 Å². The fraction of sp³-hybridized carbons (Fsp3) is 0.273. The Labute approximate surface area is 160 Å². The number of aryl methyl sites for hydroxylation is 1. The number of hydrogen-bond acceptors (Lipinski definition) is 4. The lowest BCUT2D eigenvalue weighted by Crippen LogP contribution is -2.13. The molecule has 0 spiro atoms. The Morgan fingerprint density at radius 2 is 2.04 bits per heavy atom. The molecule has 0 unspecified atom stereocenters. The average Bonchev–Trinajstić information content (AvgIpc) is 2.66. The molecule has 1 N–H and O–H groups in total. The van der Waals surface area contributed by atoms with Gasteiger partial charge in [-0.3, -0.25) is 4.79 Å². The van der Waals surface area contributed by atoms with Crippen molar-refractivity contribution in [1.29, 1.82) is 5.26 Å². The molecule has 0 atom stereocenters. The van der Waals surface area contributed by atoms with Crippen molar-refractivity contribution in [1.82, 2.24) is 0 Å². The first-order valence-corrected chi connectivity index (χ1v) is 8.88. The third-order valence-electron chi connectivity index (χ3n) is 3.90. The number of methoxy groups -OCH3 is 1. The average molecular weight is 364 g/mol. The molecule has 27 heavy (non-hydrogen) atoms. The molecule has 5 heteroatoms. The number of nitrogens with zero attached hydrogens (tertiary/aromatic N) is 1. The van der Waals surface area contributed by atoms with E-state index in [-0.39, 0.29) is 5.57 Å². The molecule has 1 amide bonds. The van der Waals surface area contributed by atoms with Gasteiger partial charge in [0.1, 0.15) is 11.6 Å². The van der Waals surface area contributed by atoms with E-state index in [1.807, 2.05) is 31.2 Å². The molecule has 2 rings (SSSR count). The van der Waals surface area contributed by atoms with Gasteiger partial charge in [0.25, 0.3) is 5.91 Å². The standard InChI is InChI=1S/C22H24N2O3/c1-4-5-11-27-21-14-17(9-10-20(21)26-3)13-18(15-23)22(25)24-19-8-6-7-16(2)12-19/h6-10,12-14H,4-5,11H2,1-3H3,(H,24,25)/b18-13+. The summed E-state index contributed by atoms with van der Waals surface area (Å²) in [7, 11) is 1.58. The van der Waals surface area contributed by atoms with E-state index in [0.29, 0.717) is 29.4 Å². The molecule has 2 aromatic carbocycles. The maximum absolute atomic E-state index is 12.4. The van der Waals surface area contributed by atoms with Crippen LogP contribution in [0.1, 0.15) is 30.9 Å². The molecule has 0 aliphatic heterocycles. The van der Waals surface area contributed by atoms with E-state index in [2.05, 4.69) is 12.2 Å². The number of carbonyl (C=O) groups excluding carboxylic acids is 1. The van der Waals surface area contributed by atoms with Gasteiger partial charge in [0, 0.05) is 5.69 Å². The second-order valence-electron chi connectivity index (χ2n) is 6.11. The van der Waals surface area contributed by atoms with Crippen LogP contribution in [-0.2, 0) is 4.79 Å². The predicted octanol–water partition coefficient (Wildman–Crippen LogP) is 4.73. The monoisotopic (exact) mass is 364 g/mol. The molecule has 2 aromatic rings. The number of ether oxygens (including phenoxy) is 2. The maximum atomic E-state index is 12.4. The zero-order valence-electron chi connectivity index (χ0n) is 15.9. The fourth-order valence-electron chi connectivity index (χ4n) is 2.46. The third kappa shape index (κ3) is 5.89. The Balaban J connectivity index is 2.21. The van der Waals surface area contributed by atoms with Crippen LogP contribution >= 0.6 is 0 Å². The van der Waals surface area contributed by atoms with Gasteiger partial charge in [-0.25, -0.2) is 0 Å². The van der Waals surface area contributed by atoms with Crippen LogP contribution in [0.15, 0.2) is 48.0 Å². The van der Waals surface area contributed by atoms with Crippen molar-refractivity contribution >= 4 is 17.7 Å². The highest BCUT2D eigenvalue weighted by atomic mass is 16.5. The van der Waals surface area contributed by atoms with Crippen molar-refractivity contribution in [3.63, 3.8) is 0 Å². The SMILES string of the molecule is CCCCOc1cc(/C=C(\C#N)C(=O)Nc2cccc(C)c2)ccc1OC. The van der Waals surface area contributed by atoms with Crippen LogP contribution in [-0.4, -0.2) is 19.6 Å². The smallest absolute Gasteiger partial charge is 0.266 e. The second kappa shape index (κ2) is 10.0. The second-order valence-corrected chi connectivity index (χ2v) is 6.11. The first-order chi connectivity index (χ1) is 13.1. The molecule has 0 aliphatic rings. The summed E-state index contributed by atoms with van der Waals surface area (Å²) < 4.78 is 11.1. The summed E-state index contributed by atoms with van der Waals surface area (Å²) in [6.07, 6.45) is 3.50. The van der Waals surface area contributed by atoms with Crippen molar-refractivity contribution in [3.05, 3.63) is 59.2 Å². The Hall–Kier alpha value is -3.26. The number of nitriles is 1. The first-order valence-electron chi connectivity index (χ1n) is 8.88. The minimum Gasteiger partial charge on any atom is -0.493 e. The van der Waals surface area contributed by atoms with Crippen molar-refractivity contribution in [2.75, 3.05) is 19.0 Å². The number of amides is 1. The summed E-state index contributed by atoms with van der Waals surface area (Å²) in [6, 6.07) is 14.7. The molecule has 0 fully saturated rings. The highest BCUT2D eigenvalue weighted by Crippen LogP contribution is 2.29. The molecule has 0 heterocycles. The summed E-state index contributed by atoms with van der Waals surface area (Å²) in [5.41, 5.74) is 2.39. The Morgan fingerprint density at radius 1 is 1.22 bits per heavy atom.